The van der Waals surface area contributed by atoms with E-state index in [1.54, 1.807) is 11.3 Å². The predicted octanol–water partition coefficient (Wildman–Crippen LogP) is 3.26. The molecule has 1 amide bonds. The number of thiophene rings is 1. The molecule has 3 nitrogen and oxygen atoms in total. The number of hydrogen-bond acceptors (Lipinski definition) is 3. The first kappa shape index (κ1) is 16.8. The van der Waals surface area contributed by atoms with Gasteiger partial charge in [0.25, 0.3) is 5.91 Å². The van der Waals surface area contributed by atoms with Crippen LogP contribution >= 0.6 is 23.7 Å². The topological polar surface area (TPSA) is 32.3 Å². The number of amides is 1. The zero-order chi connectivity index (χ0) is 14.1. The molecule has 2 aliphatic rings. The van der Waals surface area contributed by atoms with E-state index in [1.807, 2.05) is 4.90 Å². The molecule has 5 heteroatoms. The number of nitrogens with zero attached hydrogens (tertiary/aromatic N) is 1. The van der Waals surface area contributed by atoms with Gasteiger partial charge in [-0.15, -0.1) is 23.7 Å². The van der Waals surface area contributed by atoms with Crippen LogP contribution < -0.4 is 5.32 Å². The summed E-state index contributed by atoms with van der Waals surface area (Å²) in [6.45, 7) is 5.95. The van der Waals surface area contributed by atoms with Crippen molar-refractivity contribution in [3.05, 3.63) is 21.4 Å². The lowest BCUT2D eigenvalue weighted by atomic mass is 10.1. The summed E-state index contributed by atoms with van der Waals surface area (Å²) in [5, 5.41) is 3.48. The molecule has 0 aromatic carbocycles. The molecule has 0 spiro atoms. The van der Waals surface area contributed by atoms with Crippen LogP contribution in [0.3, 0.4) is 0 Å². The molecule has 1 N–H and O–H groups in total. The van der Waals surface area contributed by atoms with Gasteiger partial charge in [-0.05, 0) is 51.2 Å². The predicted molar refractivity (Wildman–Crippen MR) is 90.8 cm³/mol. The van der Waals surface area contributed by atoms with Crippen LogP contribution in [0, 0.1) is 0 Å². The van der Waals surface area contributed by atoms with Crippen LogP contribution in [-0.4, -0.2) is 36.0 Å². The Morgan fingerprint density at radius 2 is 1.86 bits per heavy atom. The lowest BCUT2D eigenvalue weighted by molar-refractivity contribution is 0.0678. The summed E-state index contributed by atoms with van der Waals surface area (Å²) in [5.41, 5.74) is 1.44. The van der Waals surface area contributed by atoms with Gasteiger partial charge in [-0.1, -0.05) is 6.42 Å². The standard InChI is InChI=1S/C16H24N2OS.ClH/c1-11-9-18(10-12(2)17-11)16(19)15-8-13-6-4-3-5-7-14(13)20-15;/h8,11-12,17H,3-7,9-10H2,1-2H3;1H. The van der Waals surface area contributed by atoms with E-state index in [4.69, 9.17) is 0 Å². The van der Waals surface area contributed by atoms with Crippen LogP contribution in [0.5, 0.6) is 0 Å². The fourth-order valence-electron chi connectivity index (χ4n) is 3.42. The normalized spacial score (nSPS) is 25.7. The molecule has 118 valence electrons. The van der Waals surface area contributed by atoms with E-state index in [2.05, 4.69) is 25.2 Å². The minimum absolute atomic E-state index is 0. The average molecular weight is 329 g/mol. The second-order valence-corrected chi connectivity index (χ2v) is 7.44. The first-order valence-electron chi connectivity index (χ1n) is 7.80. The van der Waals surface area contributed by atoms with E-state index in [0.29, 0.717) is 12.1 Å². The van der Waals surface area contributed by atoms with Crippen molar-refractivity contribution in [2.45, 2.75) is 58.0 Å². The maximum atomic E-state index is 12.7. The number of hydrogen-bond donors (Lipinski definition) is 1. The quantitative estimate of drug-likeness (QED) is 0.802. The average Bonchev–Trinajstić information content (AvgIpc) is 2.68. The van der Waals surface area contributed by atoms with Crippen LogP contribution in [0.4, 0.5) is 0 Å². The number of rotatable bonds is 1. The van der Waals surface area contributed by atoms with Gasteiger partial charge in [0, 0.05) is 30.1 Å². The third-order valence-electron chi connectivity index (χ3n) is 4.30. The smallest absolute Gasteiger partial charge is 0.264 e. The molecule has 2 heterocycles. The van der Waals surface area contributed by atoms with Crippen LogP contribution in [0.1, 0.15) is 53.2 Å². The van der Waals surface area contributed by atoms with Crippen molar-refractivity contribution in [2.24, 2.45) is 0 Å². The molecule has 0 saturated carbocycles. The van der Waals surface area contributed by atoms with Gasteiger partial charge in [0.2, 0.25) is 0 Å². The zero-order valence-corrected chi connectivity index (χ0v) is 14.5. The molecule has 1 fully saturated rings. The number of nitrogens with one attached hydrogen (secondary N) is 1. The van der Waals surface area contributed by atoms with Crippen molar-refractivity contribution < 1.29 is 4.79 Å². The van der Waals surface area contributed by atoms with Gasteiger partial charge in [-0.2, -0.15) is 0 Å². The van der Waals surface area contributed by atoms with Crippen molar-refractivity contribution in [3.8, 4) is 0 Å². The molecule has 1 aromatic rings. The Morgan fingerprint density at radius 1 is 1.19 bits per heavy atom. The van der Waals surface area contributed by atoms with Crippen LogP contribution in [0.15, 0.2) is 6.07 Å². The second-order valence-electron chi connectivity index (χ2n) is 6.30. The lowest BCUT2D eigenvalue weighted by Crippen LogP contribution is -2.55. The summed E-state index contributed by atoms with van der Waals surface area (Å²) in [5.74, 6) is 0.239. The van der Waals surface area contributed by atoms with Crippen molar-refractivity contribution in [2.75, 3.05) is 13.1 Å². The van der Waals surface area contributed by atoms with E-state index < -0.39 is 0 Å². The third-order valence-corrected chi connectivity index (χ3v) is 5.53. The number of carbonyl (C=O) groups is 1. The second kappa shape index (κ2) is 7.12. The highest BCUT2D eigenvalue weighted by Gasteiger charge is 2.27. The highest BCUT2D eigenvalue weighted by molar-refractivity contribution is 7.14. The van der Waals surface area contributed by atoms with Crippen LogP contribution in [-0.2, 0) is 12.8 Å². The first-order valence-corrected chi connectivity index (χ1v) is 8.62. The van der Waals surface area contributed by atoms with E-state index in [0.717, 1.165) is 24.4 Å². The number of piperazine rings is 1. The van der Waals surface area contributed by atoms with Crippen molar-refractivity contribution in [1.82, 2.24) is 10.2 Å². The van der Waals surface area contributed by atoms with Gasteiger partial charge in [-0.25, -0.2) is 0 Å². The van der Waals surface area contributed by atoms with Gasteiger partial charge >= 0.3 is 0 Å². The number of halogens is 1. The third kappa shape index (κ3) is 3.79. The zero-order valence-electron chi connectivity index (χ0n) is 12.9. The Labute approximate surface area is 137 Å². The monoisotopic (exact) mass is 328 g/mol. The number of carbonyl (C=O) groups excluding carboxylic acids is 1. The molecule has 1 aliphatic heterocycles. The van der Waals surface area contributed by atoms with Gasteiger partial charge in [0.15, 0.2) is 0 Å². The van der Waals surface area contributed by atoms with E-state index >= 15 is 0 Å². The molecule has 0 radical (unpaired) electrons. The molecule has 1 aromatic heterocycles. The van der Waals surface area contributed by atoms with Crippen LogP contribution in [0.25, 0.3) is 0 Å². The van der Waals surface area contributed by atoms with Gasteiger partial charge in [0.05, 0.1) is 4.88 Å². The van der Waals surface area contributed by atoms with Gasteiger partial charge in [-0.3, -0.25) is 4.79 Å². The molecular weight excluding hydrogens is 304 g/mol. The summed E-state index contributed by atoms with van der Waals surface area (Å²) in [7, 11) is 0. The molecule has 1 aliphatic carbocycles. The Kier molecular flexibility index (Phi) is 5.69. The maximum Gasteiger partial charge on any atom is 0.264 e. The molecule has 21 heavy (non-hydrogen) atoms. The van der Waals surface area contributed by atoms with Gasteiger partial charge in [0.1, 0.15) is 0 Å². The highest BCUT2D eigenvalue weighted by atomic mass is 35.5. The summed E-state index contributed by atoms with van der Waals surface area (Å²) in [4.78, 5) is 17.1. The highest BCUT2D eigenvalue weighted by Crippen LogP contribution is 2.30. The van der Waals surface area contributed by atoms with Crippen LogP contribution in [0.2, 0.25) is 0 Å². The largest absolute Gasteiger partial charge is 0.335 e. The lowest BCUT2D eigenvalue weighted by Gasteiger charge is -2.35. The van der Waals surface area contributed by atoms with E-state index in [1.165, 1.54) is 36.1 Å². The Hall–Kier alpha value is -0.580. The SMILES string of the molecule is CC1CN(C(=O)c2cc3c(s2)CCCCC3)CC(C)N1.Cl. The summed E-state index contributed by atoms with van der Waals surface area (Å²) in [6.07, 6.45) is 6.22. The van der Waals surface area contributed by atoms with Crippen molar-refractivity contribution in [1.29, 1.82) is 0 Å². The van der Waals surface area contributed by atoms with Crippen molar-refractivity contribution in [3.63, 3.8) is 0 Å². The minimum Gasteiger partial charge on any atom is -0.335 e. The fourth-order valence-corrected chi connectivity index (χ4v) is 4.64. The van der Waals surface area contributed by atoms with E-state index in [9.17, 15) is 4.79 Å². The Balaban J connectivity index is 0.00000161. The van der Waals surface area contributed by atoms with E-state index in [-0.39, 0.29) is 18.3 Å². The molecule has 0 bridgehead atoms. The fraction of sp³-hybridized carbons (Fsp3) is 0.688. The Morgan fingerprint density at radius 3 is 2.57 bits per heavy atom. The Bertz CT molecular complexity index is 469. The van der Waals surface area contributed by atoms with Crippen molar-refractivity contribution >= 4 is 29.7 Å². The maximum absolute atomic E-state index is 12.7. The summed E-state index contributed by atoms with van der Waals surface area (Å²) < 4.78 is 0. The number of fused-ring (bicyclic) bond motifs is 1. The molecule has 2 unspecified atom stereocenters. The summed E-state index contributed by atoms with van der Waals surface area (Å²) >= 11 is 1.74. The first-order chi connectivity index (χ1) is 9.63. The molecule has 3 rings (SSSR count). The molecular formula is C16H25ClN2OS. The molecule has 2 atom stereocenters. The minimum atomic E-state index is 0. The van der Waals surface area contributed by atoms with Gasteiger partial charge < -0.3 is 10.2 Å². The summed E-state index contributed by atoms with van der Waals surface area (Å²) in [6, 6.07) is 2.95. The molecule has 1 saturated heterocycles. The number of aryl methyl sites for hydroxylation is 2.